The van der Waals surface area contributed by atoms with Gasteiger partial charge in [0.1, 0.15) is 5.82 Å². The summed E-state index contributed by atoms with van der Waals surface area (Å²) in [6, 6.07) is 6.04. The van der Waals surface area contributed by atoms with Gasteiger partial charge < -0.3 is 5.32 Å². The van der Waals surface area contributed by atoms with Crippen LogP contribution in [0.25, 0.3) is 0 Å². The number of hydrogen-bond donors (Lipinski definition) is 2. The molecule has 3 nitrogen and oxygen atoms in total. The summed E-state index contributed by atoms with van der Waals surface area (Å²) in [4.78, 5) is 11.7. The highest BCUT2D eigenvalue weighted by atomic mass is 19.1. The maximum atomic E-state index is 12.8. The Bertz CT molecular complexity index is 378. The van der Waals surface area contributed by atoms with Crippen LogP contribution >= 0.6 is 0 Å². The van der Waals surface area contributed by atoms with E-state index in [9.17, 15) is 9.18 Å². The van der Waals surface area contributed by atoms with Crippen molar-refractivity contribution < 1.29 is 9.18 Å². The molecule has 0 saturated carbocycles. The lowest BCUT2D eigenvalue weighted by Crippen LogP contribution is -2.43. The first-order valence-electron chi connectivity index (χ1n) is 6.33. The summed E-state index contributed by atoms with van der Waals surface area (Å²) in [5.41, 5.74) is 0.964. The predicted octanol–water partition coefficient (Wildman–Crippen LogP) is 2.39. The third-order valence-corrected chi connectivity index (χ3v) is 2.81. The van der Waals surface area contributed by atoms with E-state index in [0.29, 0.717) is 6.54 Å². The van der Waals surface area contributed by atoms with Gasteiger partial charge in [0, 0.05) is 12.6 Å². The molecule has 0 saturated heterocycles. The van der Waals surface area contributed by atoms with Gasteiger partial charge in [-0.15, -0.1) is 0 Å². The van der Waals surface area contributed by atoms with Crippen molar-refractivity contribution in [2.45, 2.75) is 39.3 Å². The molecule has 0 bridgehead atoms. The van der Waals surface area contributed by atoms with Gasteiger partial charge in [0.2, 0.25) is 5.91 Å². The number of amides is 1. The smallest absolute Gasteiger partial charge is 0.236 e. The van der Waals surface area contributed by atoms with Gasteiger partial charge in [-0.2, -0.15) is 0 Å². The topological polar surface area (TPSA) is 41.1 Å². The van der Waals surface area contributed by atoms with Crippen LogP contribution in [-0.2, 0) is 4.79 Å². The van der Waals surface area contributed by atoms with Crippen LogP contribution in [0.1, 0.15) is 38.8 Å². The molecule has 0 fully saturated rings. The molecule has 1 aromatic rings. The lowest BCUT2D eigenvalue weighted by atomic mass is 10.1. The number of benzene rings is 1. The van der Waals surface area contributed by atoms with Gasteiger partial charge in [-0.3, -0.25) is 10.1 Å². The zero-order chi connectivity index (χ0) is 13.5. The highest BCUT2D eigenvalue weighted by molar-refractivity contribution is 5.81. The molecule has 18 heavy (non-hydrogen) atoms. The number of rotatable bonds is 6. The number of nitrogens with one attached hydrogen (secondary N) is 2. The average Bonchev–Trinajstić information content (AvgIpc) is 2.36. The minimum atomic E-state index is -0.267. The fourth-order valence-electron chi connectivity index (χ4n) is 1.70. The van der Waals surface area contributed by atoms with Crippen molar-refractivity contribution in [2.24, 2.45) is 0 Å². The molecule has 0 aromatic heterocycles. The Morgan fingerprint density at radius 3 is 2.44 bits per heavy atom. The second-order valence-electron chi connectivity index (χ2n) is 4.45. The minimum Gasteiger partial charge on any atom is -0.355 e. The van der Waals surface area contributed by atoms with E-state index in [0.717, 1.165) is 12.0 Å². The van der Waals surface area contributed by atoms with Crippen molar-refractivity contribution in [1.29, 1.82) is 0 Å². The Balaban J connectivity index is 2.50. The van der Waals surface area contributed by atoms with E-state index < -0.39 is 0 Å². The minimum absolute atomic E-state index is 0.00739. The van der Waals surface area contributed by atoms with Crippen LogP contribution < -0.4 is 10.6 Å². The second-order valence-corrected chi connectivity index (χ2v) is 4.45. The largest absolute Gasteiger partial charge is 0.355 e. The number of hydrogen-bond acceptors (Lipinski definition) is 2. The van der Waals surface area contributed by atoms with Gasteiger partial charge in [-0.05, 0) is 38.0 Å². The van der Waals surface area contributed by atoms with Gasteiger partial charge in [0.15, 0.2) is 0 Å². The lowest BCUT2D eigenvalue weighted by Gasteiger charge is -2.19. The van der Waals surface area contributed by atoms with Crippen LogP contribution in [0.5, 0.6) is 0 Å². The Morgan fingerprint density at radius 1 is 1.28 bits per heavy atom. The Kier molecular flexibility index (Phi) is 5.78. The fraction of sp³-hybridized carbons (Fsp3) is 0.500. The summed E-state index contributed by atoms with van der Waals surface area (Å²) in [5, 5.41) is 6.03. The van der Waals surface area contributed by atoms with Crippen molar-refractivity contribution in [3.63, 3.8) is 0 Å². The molecular weight excluding hydrogens is 231 g/mol. The zero-order valence-corrected chi connectivity index (χ0v) is 11.2. The number of carbonyl (C=O) groups is 1. The molecule has 0 aliphatic heterocycles. The zero-order valence-electron chi connectivity index (χ0n) is 11.2. The van der Waals surface area contributed by atoms with Crippen molar-refractivity contribution in [2.75, 3.05) is 6.54 Å². The van der Waals surface area contributed by atoms with Crippen molar-refractivity contribution >= 4 is 5.91 Å². The van der Waals surface area contributed by atoms with Gasteiger partial charge in [0.05, 0.1) is 6.04 Å². The van der Waals surface area contributed by atoms with Crippen molar-refractivity contribution in [3.8, 4) is 0 Å². The molecular formula is C14H21FN2O. The van der Waals surface area contributed by atoms with E-state index in [2.05, 4.69) is 10.6 Å². The SMILES string of the molecule is CCCNC(=O)C(C)N[C@@H](C)c1ccc(F)cc1. The fourth-order valence-corrected chi connectivity index (χ4v) is 1.70. The van der Waals surface area contributed by atoms with E-state index in [-0.39, 0.29) is 23.8 Å². The van der Waals surface area contributed by atoms with Crippen LogP contribution in [0.3, 0.4) is 0 Å². The number of halogens is 1. The van der Waals surface area contributed by atoms with Crippen LogP contribution in [0.2, 0.25) is 0 Å². The monoisotopic (exact) mass is 252 g/mol. The quantitative estimate of drug-likeness (QED) is 0.816. The van der Waals surface area contributed by atoms with Crippen LogP contribution in [0.15, 0.2) is 24.3 Å². The molecule has 0 radical (unpaired) electrons. The summed E-state index contributed by atoms with van der Waals surface area (Å²) in [6.07, 6.45) is 0.923. The first-order chi connectivity index (χ1) is 8.54. The standard InChI is InChI=1S/C14H21FN2O/c1-4-9-16-14(18)11(3)17-10(2)12-5-7-13(15)8-6-12/h5-8,10-11,17H,4,9H2,1-3H3,(H,16,18)/t10-,11?/m0/s1. The molecule has 2 atom stereocenters. The van der Waals surface area contributed by atoms with Gasteiger partial charge in [0.25, 0.3) is 0 Å². The Labute approximate surface area is 108 Å². The first-order valence-corrected chi connectivity index (χ1v) is 6.33. The summed E-state index contributed by atoms with van der Waals surface area (Å²) < 4.78 is 12.8. The molecule has 0 heterocycles. The maximum Gasteiger partial charge on any atom is 0.236 e. The summed E-state index contributed by atoms with van der Waals surface area (Å²) in [7, 11) is 0. The Morgan fingerprint density at radius 2 is 1.89 bits per heavy atom. The third-order valence-electron chi connectivity index (χ3n) is 2.81. The normalized spacial score (nSPS) is 14.0. The molecule has 100 valence electrons. The van der Waals surface area contributed by atoms with Crippen LogP contribution in [-0.4, -0.2) is 18.5 Å². The first kappa shape index (κ1) is 14.6. The van der Waals surface area contributed by atoms with E-state index in [4.69, 9.17) is 0 Å². The molecule has 1 aromatic carbocycles. The average molecular weight is 252 g/mol. The molecule has 0 aliphatic carbocycles. The van der Waals surface area contributed by atoms with Crippen LogP contribution in [0.4, 0.5) is 4.39 Å². The maximum absolute atomic E-state index is 12.8. The Hall–Kier alpha value is -1.42. The highest BCUT2D eigenvalue weighted by Crippen LogP contribution is 2.13. The van der Waals surface area contributed by atoms with Crippen molar-refractivity contribution in [3.05, 3.63) is 35.6 Å². The second kappa shape index (κ2) is 7.11. The summed E-state index contributed by atoms with van der Waals surface area (Å²) in [5.74, 6) is -0.259. The van der Waals surface area contributed by atoms with E-state index >= 15 is 0 Å². The molecule has 0 spiro atoms. The lowest BCUT2D eigenvalue weighted by molar-refractivity contribution is -0.122. The third kappa shape index (κ3) is 4.45. The van der Waals surface area contributed by atoms with Crippen LogP contribution in [0, 0.1) is 5.82 Å². The van der Waals surface area contributed by atoms with Gasteiger partial charge >= 0.3 is 0 Å². The molecule has 1 rings (SSSR count). The molecule has 1 unspecified atom stereocenters. The summed E-state index contributed by atoms with van der Waals surface area (Å²) in [6.45, 7) is 6.48. The van der Waals surface area contributed by atoms with E-state index in [1.807, 2.05) is 20.8 Å². The predicted molar refractivity (Wildman–Crippen MR) is 70.7 cm³/mol. The van der Waals surface area contributed by atoms with Gasteiger partial charge in [-0.25, -0.2) is 4.39 Å². The number of carbonyl (C=O) groups excluding carboxylic acids is 1. The highest BCUT2D eigenvalue weighted by Gasteiger charge is 2.15. The van der Waals surface area contributed by atoms with Crippen molar-refractivity contribution in [1.82, 2.24) is 10.6 Å². The van der Waals surface area contributed by atoms with Gasteiger partial charge in [-0.1, -0.05) is 19.1 Å². The van der Waals surface area contributed by atoms with E-state index in [1.54, 1.807) is 12.1 Å². The molecule has 1 amide bonds. The molecule has 4 heteroatoms. The summed E-state index contributed by atoms with van der Waals surface area (Å²) >= 11 is 0. The molecule has 2 N–H and O–H groups in total. The molecule has 0 aliphatic rings. The van der Waals surface area contributed by atoms with E-state index in [1.165, 1.54) is 12.1 Å².